The van der Waals surface area contributed by atoms with Crippen molar-refractivity contribution in [3.05, 3.63) is 35.4 Å². The number of likely N-dealkylation sites (tertiary alicyclic amines) is 1. The summed E-state index contributed by atoms with van der Waals surface area (Å²) in [5, 5.41) is 5.25. The number of hydrogen-bond donors (Lipinski definition) is 0. The van der Waals surface area contributed by atoms with Crippen LogP contribution in [-0.4, -0.2) is 48.6 Å². The molecule has 1 aromatic rings. The molecule has 0 spiro atoms. The summed E-state index contributed by atoms with van der Waals surface area (Å²) in [6.45, 7) is 2.64. The van der Waals surface area contributed by atoms with Crippen LogP contribution in [0.3, 0.4) is 0 Å². The van der Waals surface area contributed by atoms with E-state index in [2.05, 4.69) is 17.0 Å². The molecule has 6 heteroatoms. The van der Waals surface area contributed by atoms with Crippen LogP contribution in [0.4, 0.5) is 4.79 Å². The van der Waals surface area contributed by atoms with E-state index >= 15 is 0 Å². The first-order chi connectivity index (χ1) is 11.1. The van der Waals surface area contributed by atoms with Crippen molar-refractivity contribution >= 4 is 11.7 Å². The molecular weight excluding hydrogens is 294 g/mol. The lowest BCUT2D eigenvalue weighted by Crippen LogP contribution is -2.44. The molecule has 1 fully saturated rings. The van der Waals surface area contributed by atoms with Gasteiger partial charge in [-0.2, -0.15) is 0 Å². The Morgan fingerprint density at radius 3 is 3.04 bits per heavy atom. The molecule has 2 unspecified atom stereocenters. The van der Waals surface area contributed by atoms with E-state index in [0.717, 1.165) is 12.0 Å². The molecule has 0 saturated carbocycles. The number of aryl methyl sites for hydroxylation is 1. The highest BCUT2D eigenvalue weighted by molar-refractivity contribution is 6.03. The molecular formula is C17H19N3O3. The van der Waals surface area contributed by atoms with Gasteiger partial charge in [0.05, 0.1) is 13.0 Å². The molecule has 2 atom stereocenters. The Bertz CT molecular complexity index is 705. The molecule has 120 valence electrons. The number of rotatable bonds is 1. The van der Waals surface area contributed by atoms with Gasteiger partial charge in [-0.05, 0) is 37.0 Å². The molecule has 0 aromatic heterocycles. The Hall–Kier alpha value is -2.52. The SMILES string of the molecule is CON(C)C(=O)N1CCC2C(C#Cc3cccc(C)c3)=NOC21. The van der Waals surface area contributed by atoms with Gasteiger partial charge in [0, 0.05) is 19.2 Å². The predicted molar refractivity (Wildman–Crippen MR) is 85.3 cm³/mol. The second-order valence-corrected chi connectivity index (χ2v) is 5.64. The summed E-state index contributed by atoms with van der Waals surface area (Å²) in [6, 6.07) is 7.77. The average Bonchev–Trinajstić information content (AvgIpc) is 3.13. The van der Waals surface area contributed by atoms with Crippen LogP contribution in [0.15, 0.2) is 29.4 Å². The van der Waals surface area contributed by atoms with Gasteiger partial charge in [-0.25, -0.2) is 9.86 Å². The normalized spacial score (nSPS) is 21.9. The first-order valence-electron chi connectivity index (χ1n) is 7.51. The highest BCUT2D eigenvalue weighted by atomic mass is 16.7. The predicted octanol–water partition coefficient (Wildman–Crippen LogP) is 1.99. The Morgan fingerprint density at radius 2 is 2.30 bits per heavy atom. The quantitative estimate of drug-likeness (QED) is 0.588. The number of carbonyl (C=O) groups excluding carboxylic acids is 1. The third-order valence-electron chi connectivity index (χ3n) is 4.08. The van der Waals surface area contributed by atoms with E-state index < -0.39 is 0 Å². The Balaban J connectivity index is 1.71. The third kappa shape index (κ3) is 3.01. The lowest BCUT2D eigenvalue weighted by atomic mass is 10.0. The van der Waals surface area contributed by atoms with Gasteiger partial charge in [0.2, 0.25) is 6.23 Å². The number of fused-ring (bicyclic) bond motifs is 1. The van der Waals surface area contributed by atoms with E-state index in [1.54, 1.807) is 11.9 Å². The largest absolute Gasteiger partial charge is 0.369 e. The monoisotopic (exact) mass is 313 g/mol. The molecule has 6 nitrogen and oxygen atoms in total. The van der Waals surface area contributed by atoms with Gasteiger partial charge < -0.3 is 4.84 Å². The number of oxime groups is 1. The van der Waals surface area contributed by atoms with Gasteiger partial charge in [-0.1, -0.05) is 23.2 Å². The zero-order chi connectivity index (χ0) is 16.4. The minimum Gasteiger partial charge on any atom is -0.369 e. The zero-order valence-electron chi connectivity index (χ0n) is 13.4. The van der Waals surface area contributed by atoms with Crippen LogP contribution in [0.5, 0.6) is 0 Å². The van der Waals surface area contributed by atoms with Crippen molar-refractivity contribution < 1.29 is 14.5 Å². The number of carbonyl (C=O) groups is 1. The van der Waals surface area contributed by atoms with Crippen LogP contribution < -0.4 is 0 Å². The summed E-state index contributed by atoms with van der Waals surface area (Å²) in [5.41, 5.74) is 2.81. The molecule has 23 heavy (non-hydrogen) atoms. The second-order valence-electron chi connectivity index (χ2n) is 5.64. The Morgan fingerprint density at radius 1 is 1.48 bits per heavy atom. The second kappa shape index (κ2) is 6.31. The maximum atomic E-state index is 12.2. The molecule has 2 amide bonds. The average molecular weight is 313 g/mol. The van der Waals surface area contributed by atoms with Crippen LogP contribution >= 0.6 is 0 Å². The number of benzene rings is 1. The number of nitrogens with zero attached hydrogens (tertiary/aromatic N) is 3. The highest BCUT2D eigenvalue weighted by Crippen LogP contribution is 2.32. The topological polar surface area (TPSA) is 54.4 Å². The number of hydrogen-bond acceptors (Lipinski definition) is 4. The van der Waals surface area contributed by atoms with Gasteiger partial charge in [0.25, 0.3) is 0 Å². The molecule has 0 radical (unpaired) electrons. The minimum absolute atomic E-state index is 0.0292. The van der Waals surface area contributed by atoms with E-state index in [0.29, 0.717) is 12.3 Å². The maximum Gasteiger partial charge on any atom is 0.346 e. The number of amides is 2. The summed E-state index contributed by atoms with van der Waals surface area (Å²) >= 11 is 0. The molecule has 2 aliphatic heterocycles. The molecule has 0 bridgehead atoms. The van der Waals surface area contributed by atoms with Crippen molar-refractivity contribution in [2.75, 3.05) is 20.7 Å². The van der Waals surface area contributed by atoms with Gasteiger partial charge in [0.15, 0.2) is 0 Å². The maximum absolute atomic E-state index is 12.2. The third-order valence-corrected chi connectivity index (χ3v) is 4.08. The van der Waals surface area contributed by atoms with Crippen LogP contribution in [-0.2, 0) is 9.68 Å². The summed E-state index contributed by atoms with van der Waals surface area (Å²) < 4.78 is 0. The molecule has 1 aromatic carbocycles. The molecule has 2 aliphatic rings. The van der Waals surface area contributed by atoms with E-state index in [1.807, 2.05) is 31.2 Å². The first-order valence-corrected chi connectivity index (χ1v) is 7.51. The summed E-state index contributed by atoms with van der Waals surface area (Å²) in [5.74, 6) is 6.24. The summed E-state index contributed by atoms with van der Waals surface area (Å²) in [6.07, 6.45) is 0.400. The Kier molecular flexibility index (Phi) is 4.22. The zero-order valence-corrected chi connectivity index (χ0v) is 13.4. The number of hydroxylamine groups is 2. The van der Waals surface area contributed by atoms with E-state index in [9.17, 15) is 4.79 Å². The van der Waals surface area contributed by atoms with Crippen LogP contribution in [0, 0.1) is 24.7 Å². The van der Waals surface area contributed by atoms with E-state index in [1.165, 1.54) is 17.7 Å². The summed E-state index contributed by atoms with van der Waals surface area (Å²) in [4.78, 5) is 24.2. The van der Waals surface area contributed by atoms with E-state index in [-0.39, 0.29) is 18.2 Å². The van der Waals surface area contributed by atoms with Crippen molar-refractivity contribution in [1.82, 2.24) is 9.96 Å². The van der Waals surface area contributed by atoms with Crippen LogP contribution in [0.25, 0.3) is 0 Å². The van der Waals surface area contributed by atoms with E-state index in [4.69, 9.17) is 9.68 Å². The molecule has 2 heterocycles. The first kappa shape index (κ1) is 15.4. The molecule has 1 saturated heterocycles. The fraction of sp³-hybridized carbons (Fsp3) is 0.412. The Labute approximate surface area is 135 Å². The number of urea groups is 1. The fourth-order valence-electron chi connectivity index (χ4n) is 2.78. The van der Waals surface area contributed by atoms with Gasteiger partial charge >= 0.3 is 6.03 Å². The molecule has 3 rings (SSSR count). The van der Waals surface area contributed by atoms with Crippen molar-refractivity contribution in [2.45, 2.75) is 19.6 Å². The van der Waals surface area contributed by atoms with Crippen LogP contribution in [0.1, 0.15) is 17.5 Å². The lowest BCUT2D eigenvalue weighted by Gasteiger charge is -2.25. The molecule has 0 aliphatic carbocycles. The van der Waals surface area contributed by atoms with Crippen molar-refractivity contribution in [3.8, 4) is 11.8 Å². The molecule has 0 N–H and O–H groups in total. The van der Waals surface area contributed by atoms with Crippen LogP contribution in [0.2, 0.25) is 0 Å². The minimum atomic E-state index is -0.387. The van der Waals surface area contributed by atoms with Gasteiger partial charge in [-0.3, -0.25) is 9.74 Å². The van der Waals surface area contributed by atoms with Gasteiger partial charge in [-0.15, -0.1) is 0 Å². The smallest absolute Gasteiger partial charge is 0.346 e. The van der Waals surface area contributed by atoms with Crippen molar-refractivity contribution in [1.29, 1.82) is 0 Å². The highest BCUT2D eigenvalue weighted by Gasteiger charge is 2.46. The standard InChI is InChI=1S/C17H19N3O3/c1-12-5-4-6-13(11-12)7-8-15-14-9-10-20(16(14)23-18-15)17(21)19(2)22-3/h4-6,11,14,16H,9-10H2,1-3H3. The lowest BCUT2D eigenvalue weighted by molar-refractivity contribution is -0.0936. The van der Waals surface area contributed by atoms with Gasteiger partial charge in [0.1, 0.15) is 5.71 Å². The van der Waals surface area contributed by atoms with Crippen molar-refractivity contribution in [2.24, 2.45) is 11.1 Å². The summed E-state index contributed by atoms with van der Waals surface area (Å²) in [7, 11) is 3.03. The van der Waals surface area contributed by atoms with Crippen molar-refractivity contribution in [3.63, 3.8) is 0 Å². The fourth-order valence-corrected chi connectivity index (χ4v) is 2.78.